The molecule has 4 aromatic rings. The maximum Gasteiger partial charge on any atom is 0.163 e. The Kier molecular flexibility index (Phi) is 7.68. The van der Waals surface area contributed by atoms with Crippen LogP contribution in [0.4, 0.5) is 0 Å². The molecule has 202 valence electrons. The van der Waals surface area contributed by atoms with Gasteiger partial charge in [0.2, 0.25) is 0 Å². The van der Waals surface area contributed by atoms with Crippen molar-refractivity contribution in [2.24, 2.45) is 4.99 Å². The number of thiophene rings is 1. The van der Waals surface area contributed by atoms with Crippen LogP contribution in [0.1, 0.15) is 69.8 Å². The fourth-order valence-electron chi connectivity index (χ4n) is 5.56. The van der Waals surface area contributed by atoms with Gasteiger partial charge in [0.25, 0.3) is 0 Å². The number of pyridine rings is 1. The summed E-state index contributed by atoms with van der Waals surface area (Å²) in [6.07, 6.45) is 7.23. The van der Waals surface area contributed by atoms with Crippen molar-refractivity contribution in [1.82, 2.24) is 25.1 Å². The van der Waals surface area contributed by atoms with E-state index in [1.165, 1.54) is 21.6 Å². The van der Waals surface area contributed by atoms with Crippen LogP contribution < -0.4 is 5.32 Å². The first-order valence-corrected chi connectivity index (χ1v) is 14.8. The molecule has 1 fully saturated rings. The van der Waals surface area contributed by atoms with E-state index in [9.17, 15) is 0 Å². The van der Waals surface area contributed by atoms with Crippen LogP contribution in [-0.4, -0.2) is 51.3 Å². The smallest absolute Gasteiger partial charge is 0.163 e. The lowest BCUT2D eigenvalue weighted by atomic mass is 9.97. The van der Waals surface area contributed by atoms with Crippen molar-refractivity contribution in [3.05, 3.63) is 93.1 Å². The van der Waals surface area contributed by atoms with Gasteiger partial charge in [0.05, 0.1) is 11.8 Å². The Morgan fingerprint density at radius 2 is 1.85 bits per heavy atom. The Balaban J connectivity index is 1.29. The highest BCUT2D eigenvalue weighted by Crippen LogP contribution is 2.39. The quantitative estimate of drug-likeness (QED) is 0.299. The topological polar surface area (TPSA) is 77.2 Å². The highest BCUT2D eigenvalue weighted by atomic mass is 32.1. The summed E-state index contributed by atoms with van der Waals surface area (Å²) in [4.78, 5) is 11.3. The molecule has 0 amide bonds. The van der Waals surface area contributed by atoms with Gasteiger partial charge in [-0.05, 0) is 82.8 Å². The molecule has 0 saturated carbocycles. The number of nitrogens with zero attached hydrogens (tertiary/aromatic N) is 5. The number of aromatic nitrogens is 4. The summed E-state index contributed by atoms with van der Waals surface area (Å²) in [5, 5.41) is 13.6. The molecular formula is C31H36N6OS. The standard InChI is InChI=1S/C31H36N6OS/c1-20-21(2)39-31-28(20)29(24-11-9-23(10-12-24)7-6-18-38-26-13-16-32-17-14-26)34-27(19-25-8-4-5-15-33-25)30-36-35-22(3)37(30)31/h4-5,8-12,15,26-27,32H,6-7,13-14,16-19H2,1-3H3/t27-/m0/s1. The molecule has 0 radical (unpaired) electrons. The Hall–Kier alpha value is -3.20. The van der Waals surface area contributed by atoms with Crippen LogP contribution >= 0.6 is 11.3 Å². The van der Waals surface area contributed by atoms with Crippen molar-refractivity contribution < 1.29 is 4.74 Å². The third kappa shape index (κ3) is 5.46. The molecule has 8 heteroatoms. The fraction of sp³-hybridized carbons (Fsp3) is 0.419. The fourth-order valence-corrected chi connectivity index (χ4v) is 6.77. The average Bonchev–Trinajstić information content (AvgIpc) is 3.44. The summed E-state index contributed by atoms with van der Waals surface area (Å²) in [6, 6.07) is 14.8. The second-order valence-corrected chi connectivity index (χ2v) is 11.7. The largest absolute Gasteiger partial charge is 0.378 e. The van der Waals surface area contributed by atoms with E-state index in [0.29, 0.717) is 12.5 Å². The Labute approximate surface area is 234 Å². The molecular weight excluding hydrogens is 504 g/mol. The number of rotatable bonds is 8. The summed E-state index contributed by atoms with van der Waals surface area (Å²) >= 11 is 1.80. The molecule has 2 aliphatic heterocycles. The normalized spacial score (nSPS) is 17.4. The van der Waals surface area contributed by atoms with Gasteiger partial charge in [0.1, 0.15) is 16.9 Å². The van der Waals surface area contributed by atoms with Crippen LogP contribution in [0.3, 0.4) is 0 Å². The Morgan fingerprint density at radius 3 is 2.62 bits per heavy atom. The van der Waals surface area contributed by atoms with E-state index in [4.69, 9.17) is 9.73 Å². The molecule has 1 aromatic carbocycles. The molecule has 5 heterocycles. The van der Waals surface area contributed by atoms with E-state index < -0.39 is 0 Å². The number of aliphatic imine (C=N–C) groups is 1. The number of benzene rings is 1. The predicted octanol–water partition coefficient (Wildman–Crippen LogP) is 5.49. The van der Waals surface area contributed by atoms with Gasteiger partial charge in [-0.3, -0.25) is 14.5 Å². The van der Waals surface area contributed by atoms with Crippen LogP contribution in [0.15, 0.2) is 53.7 Å². The first kappa shape index (κ1) is 26.0. The summed E-state index contributed by atoms with van der Waals surface area (Å²) in [5.41, 5.74) is 6.95. The molecule has 1 atom stereocenters. The van der Waals surface area contributed by atoms with Crippen LogP contribution in [0.2, 0.25) is 0 Å². The molecule has 7 nitrogen and oxygen atoms in total. The van der Waals surface area contributed by atoms with Crippen LogP contribution in [-0.2, 0) is 17.6 Å². The molecule has 0 bridgehead atoms. The maximum absolute atomic E-state index is 6.11. The van der Waals surface area contributed by atoms with Crippen LogP contribution in [0.25, 0.3) is 5.00 Å². The monoisotopic (exact) mass is 540 g/mol. The highest BCUT2D eigenvalue weighted by Gasteiger charge is 2.31. The highest BCUT2D eigenvalue weighted by molar-refractivity contribution is 7.15. The predicted molar refractivity (Wildman–Crippen MR) is 156 cm³/mol. The van der Waals surface area contributed by atoms with Gasteiger partial charge in [-0.25, -0.2) is 0 Å². The molecule has 6 rings (SSSR count). The van der Waals surface area contributed by atoms with E-state index in [1.54, 1.807) is 11.3 Å². The van der Waals surface area contributed by atoms with Crippen molar-refractivity contribution >= 4 is 17.0 Å². The molecule has 3 aromatic heterocycles. The second kappa shape index (κ2) is 11.5. The van der Waals surface area contributed by atoms with E-state index >= 15 is 0 Å². The first-order chi connectivity index (χ1) is 19.1. The maximum atomic E-state index is 6.11. The minimum atomic E-state index is -0.179. The number of hydrogen-bond acceptors (Lipinski definition) is 7. The van der Waals surface area contributed by atoms with E-state index in [1.807, 2.05) is 25.3 Å². The van der Waals surface area contributed by atoms with Crippen molar-refractivity contribution in [3.8, 4) is 5.00 Å². The van der Waals surface area contributed by atoms with Gasteiger partial charge < -0.3 is 10.1 Å². The van der Waals surface area contributed by atoms with E-state index in [2.05, 4.69) is 69.2 Å². The Morgan fingerprint density at radius 1 is 1.03 bits per heavy atom. The summed E-state index contributed by atoms with van der Waals surface area (Å²) < 4.78 is 8.32. The molecule has 39 heavy (non-hydrogen) atoms. The molecule has 0 aliphatic carbocycles. The zero-order valence-corrected chi connectivity index (χ0v) is 23.8. The Bertz CT molecular complexity index is 1450. The third-order valence-electron chi connectivity index (χ3n) is 7.85. The van der Waals surface area contributed by atoms with Gasteiger partial charge in [0.15, 0.2) is 5.82 Å². The minimum Gasteiger partial charge on any atom is -0.378 e. The molecule has 1 saturated heterocycles. The van der Waals surface area contributed by atoms with Gasteiger partial charge in [0, 0.05) is 40.9 Å². The van der Waals surface area contributed by atoms with Gasteiger partial charge >= 0.3 is 0 Å². The van der Waals surface area contributed by atoms with E-state index in [0.717, 1.165) is 79.0 Å². The molecule has 2 aliphatic rings. The van der Waals surface area contributed by atoms with Crippen LogP contribution in [0, 0.1) is 20.8 Å². The number of aryl methyl sites for hydroxylation is 3. The zero-order valence-electron chi connectivity index (χ0n) is 23.0. The lowest BCUT2D eigenvalue weighted by Crippen LogP contribution is -2.32. The van der Waals surface area contributed by atoms with Crippen molar-refractivity contribution in [3.63, 3.8) is 0 Å². The van der Waals surface area contributed by atoms with Crippen LogP contribution in [0.5, 0.6) is 0 Å². The van der Waals surface area contributed by atoms with Crippen molar-refractivity contribution in [1.29, 1.82) is 0 Å². The molecule has 0 spiro atoms. The lowest BCUT2D eigenvalue weighted by molar-refractivity contribution is 0.0318. The SMILES string of the molecule is Cc1sc2c(c1C)C(c1ccc(CCCOC3CCNCC3)cc1)=N[C@@H](Cc1ccccn1)c1nnc(C)n1-2. The zero-order chi connectivity index (χ0) is 26.8. The number of ether oxygens (including phenoxy) is 1. The number of piperidine rings is 1. The number of nitrogens with one attached hydrogen (secondary N) is 1. The summed E-state index contributed by atoms with van der Waals surface area (Å²) in [5.74, 6) is 1.76. The number of fused-ring (bicyclic) bond motifs is 3. The van der Waals surface area contributed by atoms with Gasteiger partial charge in [-0.2, -0.15) is 0 Å². The lowest BCUT2D eigenvalue weighted by Gasteiger charge is -2.22. The van der Waals surface area contributed by atoms with Crippen molar-refractivity contribution in [2.45, 2.75) is 65.0 Å². The summed E-state index contributed by atoms with van der Waals surface area (Å²) in [6.45, 7) is 9.38. The molecule has 1 N–H and O–H groups in total. The third-order valence-corrected chi connectivity index (χ3v) is 9.04. The van der Waals surface area contributed by atoms with E-state index in [-0.39, 0.29) is 6.04 Å². The average molecular weight is 541 g/mol. The van der Waals surface area contributed by atoms with Gasteiger partial charge in [-0.1, -0.05) is 30.3 Å². The first-order valence-electron chi connectivity index (χ1n) is 14.0. The summed E-state index contributed by atoms with van der Waals surface area (Å²) in [7, 11) is 0. The van der Waals surface area contributed by atoms with Crippen molar-refractivity contribution in [2.75, 3.05) is 19.7 Å². The van der Waals surface area contributed by atoms with Gasteiger partial charge in [-0.15, -0.1) is 21.5 Å². The number of hydrogen-bond donors (Lipinski definition) is 1. The molecule has 0 unspecified atom stereocenters. The minimum absolute atomic E-state index is 0.179. The second-order valence-electron chi connectivity index (χ2n) is 10.5.